The van der Waals surface area contributed by atoms with Crippen molar-refractivity contribution in [1.29, 1.82) is 0 Å². The number of rotatable bonds is 6. The molecule has 0 unspecified atom stereocenters. The van der Waals surface area contributed by atoms with Crippen molar-refractivity contribution in [1.82, 2.24) is 15.5 Å². The number of ether oxygens (including phenoxy) is 1. The fourth-order valence-electron chi connectivity index (χ4n) is 1.85. The van der Waals surface area contributed by atoms with Gasteiger partial charge in [0.2, 0.25) is 0 Å². The van der Waals surface area contributed by atoms with Crippen molar-refractivity contribution >= 4 is 5.91 Å². The van der Waals surface area contributed by atoms with Crippen molar-refractivity contribution in [3.8, 4) is 11.3 Å². The zero-order valence-corrected chi connectivity index (χ0v) is 11.5. The second-order valence-electron chi connectivity index (χ2n) is 4.31. The Balaban J connectivity index is 2.15. The van der Waals surface area contributed by atoms with Gasteiger partial charge in [-0.15, -0.1) is 0 Å². The molecule has 2 rings (SSSR count). The molecule has 6 heteroatoms. The number of aromatic nitrogens is 2. The second-order valence-corrected chi connectivity index (χ2v) is 4.31. The molecule has 0 saturated carbocycles. The van der Waals surface area contributed by atoms with Crippen molar-refractivity contribution < 1.29 is 14.1 Å². The van der Waals surface area contributed by atoms with Crippen molar-refractivity contribution in [2.24, 2.45) is 0 Å². The number of nitrogens with one attached hydrogen (secondary N) is 1. The van der Waals surface area contributed by atoms with Gasteiger partial charge in [-0.3, -0.25) is 9.78 Å². The number of nitrogens with zero attached hydrogens (tertiary/aromatic N) is 2. The third kappa shape index (κ3) is 3.21. The first-order chi connectivity index (χ1) is 9.74. The van der Waals surface area contributed by atoms with E-state index in [1.165, 1.54) is 0 Å². The van der Waals surface area contributed by atoms with Crippen LogP contribution in [0.2, 0.25) is 0 Å². The standard InChI is InChI=1S/C14H17N3O3/c1-10-12(14(18)16-7-4-8-19-2)13(17-20-10)11-5-3-6-15-9-11/h3,5-6,9H,4,7-8H2,1-2H3,(H,16,18). The average Bonchev–Trinajstić information content (AvgIpc) is 2.86. The van der Waals surface area contributed by atoms with E-state index in [2.05, 4.69) is 15.5 Å². The van der Waals surface area contributed by atoms with Gasteiger partial charge in [-0.1, -0.05) is 5.16 Å². The summed E-state index contributed by atoms with van der Waals surface area (Å²) in [6.45, 7) is 2.87. The van der Waals surface area contributed by atoms with Crippen molar-refractivity contribution in [2.45, 2.75) is 13.3 Å². The van der Waals surface area contributed by atoms with Gasteiger partial charge in [0.1, 0.15) is 17.0 Å². The Morgan fingerprint density at radius 3 is 3.05 bits per heavy atom. The summed E-state index contributed by atoms with van der Waals surface area (Å²) in [6, 6.07) is 3.63. The zero-order chi connectivity index (χ0) is 14.4. The van der Waals surface area contributed by atoms with Crippen LogP contribution in [0.5, 0.6) is 0 Å². The summed E-state index contributed by atoms with van der Waals surface area (Å²) >= 11 is 0. The lowest BCUT2D eigenvalue weighted by Crippen LogP contribution is -2.26. The van der Waals surface area contributed by atoms with Crippen molar-refractivity contribution in [3.63, 3.8) is 0 Å². The quantitative estimate of drug-likeness (QED) is 0.813. The molecule has 1 amide bonds. The van der Waals surface area contributed by atoms with Crippen LogP contribution in [0.25, 0.3) is 11.3 Å². The minimum atomic E-state index is -0.196. The first-order valence-electron chi connectivity index (χ1n) is 6.38. The Morgan fingerprint density at radius 1 is 1.50 bits per heavy atom. The number of aryl methyl sites for hydroxylation is 1. The lowest BCUT2D eigenvalue weighted by molar-refractivity contribution is 0.0947. The van der Waals surface area contributed by atoms with E-state index in [0.29, 0.717) is 30.2 Å². The molecule has 0 fully saturated rings. The third-order valence-corrected chi connectivity index (χ3v) is 2.84. The predicted octanol–water partition coefficient (Wildman–Crippen LogP) is 1.81. The highest BCUT2D eigenvalue weighted by Crippen LogP contribution is 2.24. The Labute approximate surface area is 117 Å². The highest BCUT2D eigenvalue weighted by atomic mass is 16.5. The number of amides is 1. The fourth-order valence-corrected chi connectivity index (χ4v) is 1.85. The smallest absolute Gasteiger partial charge is 0.257 e. The molecule has 6 nitrogen and oxygen atoms in total. The molecule has 0 aliphatic heterocycles. The van der Waals surface area contributed by atoms with Gasteiger partial charge in [0, 0.05) is 38.2 Å². The maximum atomic E-state index is 12.2. The summed E-state index contributed by atoms with van der Waals surface area (Å²) in [5.41, 5.74) is 1.72. The van der Waals surface area contributed by atoms with E-state index in [-0.39, 0.29) is 5.91 Å². The van der Waals surface area contributed by atoms with Gasteiger partial charge in [0.05, 0.1) is 0 Å². The molecule has 0 saturated heterocycles. The van der Waals surface area contributed by atoms with Crippen LogP contribution in [-0.2, 0) is 4.74 Å². The van der Waals surface area contributed by atoms with Crippen LogP contribution in [0.4, 0.5) is 0 Å². The van der Waals surface area contributed by atoms with Gasteiger partial charge in [0.15, 0.2) is 0 Å². The van der Waals surface area contributed by atoms with Gasteiger partial charge in [-0.05, 0) is 25.5 Å². The van der Waals surface area contributed by atoms with Crippen LogP contribution in [0.15, 0.2) is 29.0 Å². The van der Waals surface area contributed by atoms with Crippen LogP contribution in [-0.4, -0.2) is 36.3 Å². The molecule has 0 bridgehead atoms. The topological polar surface area (TPSA) is 77.2 Å². The minimum absolute atomic E-state index is 0.196. The van der Waals surface area contributed by atoms with Gasteiger partial charge >= 0.3 is 0 Å². The van der Waals surface area contributed by atoms with Crippen molar-refractivity contribution in [2.75, 3.05) is 20.3 Å². The molecule has 2 heterocycles. The van der Waals surface area contributed by atoms with Gasteiger partial charge in [0.25, 0.3) is 5.91 Å². The van der Waals surface area contributed by atoms with Crippen LogP contribution in [0.1, 0.15) is 22.5 Å². The van der Waals surface area contributed by atoms with Crippen LogP contribution >= 0.6 is 0 Å². The van der Waals surface area contributed by atoms with Crippen molar-refractivity contribution in [3.05, 3.63) is 35.9 Å². The van der Waals surface area contributed by atoms with E-state index in [9.17, 15) is 4.79 Å². The molecule has 0 spiro atoms. The molecule has 0 aromatic carbocycles. The number of carbonyl (C=O) groups is 1. The SMILES string of the molecule is COCCCNC(=O)c1c(-c2cccnc2)noc1C. The molecule has 0 radical (unpaired) electrons. The van der Waals surface area contributed by atoms with E-state index in [4.69, 9.17) is 9.26 Å². The Morgan fingerprint density at radius 2 is 2.35 bits per heavy atom. The third-order valence-electron chi connectivity index (χ3n) is 2.84. The summed E-state index contributed by atoms with van der Waals surface area (Å²) in [5.74, 6) is 0.298. The molecular weight excluding hydrogens is 258 g/mol. The Hall–Kier alpha value is -2.21. The first-order valence-corrected chi connectivity index (χ1v) is 6.38. The van der Waals surface area contributed by atoms with Crippen LogP contribution < -0.4 is 5.32 Å². The zero-order valence-electron chi connectivity index (χ0n) is 11.5. The highest BCUT2D eigenvalue weighted by Gasteiger charge is 2.21. The summed E-state index contributed by atoms with van der Waals surface area (Å²) in [6.07, 6.45) is 4.08. The number of pyridine rings is 1. The number of carbonyl (C=O) groups excluding carboxylic acids is 1. The Bertz CT molecular complexity index is 566. The van der Waals surface area contributed by atoms with Crippen LogP contribution in [0, 0.1) is 6.92 Å². The average molecular weight is 275 g/mol. The summed E-state index contributed by atoms with van der Waals surface area (Å²) in [4.78, 5) is 16.2. The lowest BCUT2D eigenvalue weighted by atomic mass is 10.1. The monoisotopic (exact) mass is 275 g/mol. The summed E-state index contributed by atoms with van der Waals surface area (Å²) < 4.78 is 10.1. The van der Waals surface area contributed by atoms with E-state index in [1.54, 1.807) is 32.5 Å². The highest BCUT2D eigenvalue weighted by molar-refractivity contribution is 6.00. The van der Waals surface area contributed by atoms with Gasteiger partial charge in [-0.2, -0.15) is 0 Å². The molecule has 1 N–H and O–H groups in total. The summed E-state index contributed by atoms with van der Waals surface area (Å²) in [5, 5.41) is 6.78. The molecule has 106 valence electrons. The molecular formula is C14H17N3O3. The van der Waals surface area contributed by atoms with E-state index >= 15 is 0 Å². The van der Waals surface area contributed by atoms with Gasteiger partial charge < -0.3 is 14.6 Å². The number of hydrogen-bond donors (Lipinski definition) is 1. The van der Waals surface area contributed by atoms with Crippen LogP contribution in [0.3, 0.4) is 0 Å². The molecule has 2 aromatic rings. The largest absolute Gasteiger partial charge is 0.385 e. The maximum Gasteiger partial charge on any atom is 0.257 e. The molecule has 20 heavy (non-hydrogen) atoms. The molecule has 0 aliphatic carbocycles. The number of methoxy groups -OCH3 is 1. The van der Waals surface area contributed by atoms with Gasteiger partial charge in [-0.25, -0.2) is 0 Å². The summed E-state index contributed by atoms with van der Waals surface area (Å²) in [7, 11) is 1.63. The molecule has 0 atom stereocenters. The van der Waals surface area contributed by atoms with E-state index < -0.39 is 0 Å². The Kier molecular flexibility index (Phi) is 4.84. The fraction of sp³-hybridized carbons (Fsp3) is 0.357. The second kappa shape index (κ2) is 6.81. The first kappa shape index (κ1) is 14.2. The molecule has 0 aliphatic rings. The number of hydrogen-bond acceptors (Lipinski definition) is 5. The predicted molar refractivity (Wildman–Crippen MR) is 73.3 cm³/mol. The lowest BCUT2D eigenvalue weighted by Gasteiger charge is -2.05. The van der Waals surface area contributed by atoms with E-state index in [1.807, 2.05) is 6.07 Å². The van der Waals surface area contributed by atoms with E-state index in [0.717, 1.165) is 12.0 Å². The normalized spacial score (nSPS) is 10.5. The maximum absolute atomic E-state index is 12.2. The minimum Gasteiger partial charge on any atom is -0.385 e. The molecule has 2 aromatic heterocycles.